The van der Waals surface area contributed by atoms with E-state index in [2.05, 4.69) is 17.6 Å². The maximum atomic E-state index is 12.1. The Morgan fingerprint density at radius 1 is 1.50 bits per heavy atom. The third kappa shape index (κ3) is 1.86. The average molecular weight is 252 g/mol. The lowest BCUT2D eigenvalue weighted by Gasteiger charge is -2.61. The van der Waals surface area contributed by atoms with E-state index in [1.807, 2.05) is 0 Å². The molecule has 0 radical (unpaired) electrons. The number of ether oxygens (including phenoxy) is 1. The van der Waals surface area contributed by atoms with Crippen LogP contribution >= 0.6 is 0 Å². The molecular formula is C14H24N2O2. The Labute approximate surface area is 109 Å². The summed E-state index contributed by atoms with van der Waals surface area (Å²) in [6.07, 6.45) is 6.14. The van der Waals surface area contributed by atoms with Crippen molar-refractivity contribution in [2.75, 3.05) is 19.7 Å². The van der Waals surface area contributed by atoms with E-state index < -0.39 is 0 Å². The number of hydrogen-bond acceptors (Lipinski definition) is 3. The Balaban J connectivity index is 1.55. The smallest absolute Gasteiger partial charge is 0.224 e. The molecule has 0 aromatic heterocycles. The monoisotopic (exact) mass is 252 g/mol. The highest BCUT2D eigenvalue weighted by Gasteiger charge is 2.59. The maximum Gasteiger partial charge on any atom is 0.224 e. The van der Waals surface area contributed by atoms with Gasteiger partial charge in [-0.15, -0.1) is 0 Å². The van der Waals surface area contributed by atoms with Gasteiger partial charge in [0.15, 0.2) is 0 Å². The first-order valence-electron chi connectivity index (χ1n) is 7.39. The second-order valence-corrected chi connectivity index (χ2v) is 6.02. The molecule has 3 unspecified atom stereocenters. The number of nitrogens with one attached hydrogen (secondary N) is 2. The van der Waals surface area contributed by atoms with Gasteiger partial charge in [0.1, 0.15) is 0 Å². The van der Waals surface area contributed by atoms with E-state index in [-0.39, 0.29) is 17.2 Å². The number of rotatable bonds is 4. The van der Waals surface area contributed by atoms with Gasteiger partial charge in [0.25, 0.3) is 0 Å². The van der Waals surface area contributed by atoms with Crippen LogP contribution in [0.3, 0.4) is 0 Å². The van der Waals surface area contributed by atoms with E-state index in [0.29, 0.717) is 12.1 Å². The van der Waals surface area contributed by atoms with Gasteiger partial charge in [0.2, 0.25) is 5.91 Å². The molecule has 102 valence electrons. The van der Waals surface area contributed by atoms with Crippen LogP contribution in [-0.4, -0.2) is 37.7 Å². The molecule has 0 aromatic carbocycles. The van der Waals surface area contributed by atoms with Gasteiger partial charge in [0, 0.05) is 24.6 Å². The predicted octanol–water partition coefficient (Wildman–Crippen LogP) is 1.06. The molecule has 4 nitrogen and oxygen atoms in total. The molecule has 3 aliphatic rings. The molecule has 3 rings (SSSR count). The van der Waals surface area contributed by atoms with Gasteiger partial charge in [-0.25, -0.2) is 0 Å². The van der Waals surface area contributed by atoms with E-state index in [4.69, 9.17) is 4.74 Å². The summed E-state index contributed by atoms with van der Waals surface area (Å²) in [5.74, 6) is 0.444. The maximum absolute atomic E-state index is 12.1. The Morgan fingerprint density at radius 3 is 2.89 bits per heavy atom. The van der Waals surface area contributed by atoms with Crippen LogP contribution in [-0.2, 0) is 9.53 Å². The summed E-state index contributed by atoms with van der Waals surface area (Å²) in [7, 11) is 0. The van der Waals surface area contributed by atoms with E-state index in [0.717, 1.165) is 32.5 Å². The highest BCUT2D eigenvalue weighted by Crippen LogP contribution is 2.57. The first-order chi connectivity index (χ1) is 8.76. The zero-order valence-corrected chi connectivity index (χ0v) is 11.2. The lowest BCUT2D eigenvalue weighted by molar-refractivity contribution is -0.176. The Kier molecular flexibility index (Phi) is 3.32. The minimum Gasteiger partial charge on any atom is -0.378 e. The Morgan fingerprint density at radius 2 is 2.33 bits per heavy atom. The lowest BCUT2D eigenvalue weighted by Crippen LogP contribution is -2.68. The standard InChI is InChI=1S/C14H24N2O2/c1-2-18-12-8-11(14(12)5-3-6-14)16-13(17)10-4-7-15-9-10/h10-12,15H,2-9H2,1H3,(H,16,17). The fraction of sp³-hybridized carbons (Fsp3) is 0.929. The normalized spacial score (nSPS) is 37.1. The van der Waals surface area contributed by atoms with Crippen LogP contribution in [0.4, 0.5) is 0 Å². The van der Waals surface area contributed by atoms with Gasteiger partial charge in [-0.3, -0.25) is 4.79 Å². The predicted molar refractivity (Wildman–Crippen MR) is 69.2 cm³/mol. The van der Waals surface area contributed by atoms with E-state index in [1.54, 1.807) is 0 Å². The summed E-state index contributed by atoms with van der Waals surface area (Å²) in [6.45, 7) is 4.68. The number of carbonyl (C=O) groups is 1. The molecule has 0 aromatic rings. The molecule has 4 heteroatoms. The molecule has 0 bridgehead atoms. The molecule has 1 amide bonds. The number of amides is 1. The first-order valence-corrected chi connectivity index (χ1v) is 7.39. The summed E-state index contributed by atoms with van der Waals surface area (Å²) in [5, 5.41) is 6.54. The van der Waals surface area contributed by atoms with Gasteiger partial charge in [-0.2, -0.15) is 0 Å². The Bertz CT molecular complexity index is 322. The zero-order chi connectivity index (χ0) is 12.6. The van der Waals surface area contributed by atoms with Crippen molar-refractivity contribution in [3.05, 3.63) is 0 Å². The highest BCUT2D eigenvalue weighted by molar-refractivity contribution is 5.79. The van der Waals surface area contributed by atoms with Crippen LogP contribution in [0.2, 0.25) is 0 Å². The molecular weight excluding hydrogens is 228 g/mol. The van der Waals surface area contributed by atoms with Gasteiger partial charge >= 0.3 is 0 Å². The van der Waals surface area contributed by atoms with Crippen molar-refractivity contribution in [1.82, 2.24) is 10.6 Å². The topological polar surface area (TPSA) is 50.4 Å². The molecule has 2 N–H and O–H groups in total. The summed E-state index contributed by atoms with van der Waals surface area (Å²) in [5.41, 5.74) is 0.289. The summed E-state index contributed by atoms with van der Waals surface area (Å²) >= 11 is 0. The summed E-state index contributed by atoms with van der Waals surface area (Å²) in [4.78, 5) is 12.1. The fourth-order valence-corrected chi connectivity index (χ4v) is 3.81. The lowest BCUT2D eigenvalue weighted by atomic mass is 9.51. The van der Waals surface area contributed by atoms with Crippen molar-refractivity contribution in [2.24, 2.45) is 11.3 Å². The third-order valence-electron chi connectivity index (χ3n) is 5.18. The molecule has 1 aliphatic heterocycles. The largest absolute Gasteiger partial charge is 0.378 e. The fourth-order valence-electron chi connectivity index (χ4n) is 3.81. The van der Waals surface area contributed by atoms with Gasteiger partial charge in [-0.1, -0.05) is 6.42 Å². The van der Waals surface area contributed by atoms with Crippen LogP contribution in [0.5, 0.6) is 0 Å². The van der Waals surface area contributed by atoms with Crippen molar-refractivity contribution in [2.45, 2.75) is 51.2 Å². The second-order valence-electron chi connectivity index (χ2n) is 6.02. The van der Waals surface area contributed by atoms with Crippen LogP contribution in [0.1, 0.15) is 39.0 Å². The summed E-state index contributed by atoms with van der Waals surface area (Å²) in [6, 6.07) is 0.371. The van der Waals surface area contributed by atoms with Crippen molar-refractivity contribution in [1.29, 1.82) is 0 Å². The second kappa shape index (κ2) is 4.82. The molecule has 1 saturated heterocycles. The van der Waals surface area contributed by atoms with E-state index in [9.17, 15) is 4.79 Å². The quantitative estimate of drug-likeness (QED) is 0.786. The van der Waals surface area contributed by atoms with Gasteiger partial charge in [-0.05, 0) is 39.2 Å². The highest BCUT2D eigenvalue weighted by atomic mass is 16.5. The first kappa shape index (κ1) is 12.4. The Hall–Kier alpha value is -0.610. The number of hydrogen-bond donors (Lipinski definition) is 2. The minimum absolute atomic E-state index is 0.188. The van der Waals surface area contributed by atoms with E-state index in [1.165, 1.54) is 19.3 Å². The van der Waals surface area contributed by atoms with Crippen molar-refractivity contribution in [3.8, 4) is 0 Å². The van der Waals surface area contributed by atoms with Gasteiger partial charge < -0.3 is 15.4 Å². The van der Waals surface area contributed by atoms with Crippen molar-refractivity contribution >= 4 is 5.91 Å². The van der Waals surface area contributed by atoms with Crippen LogP contribution < -0.4 is 10.6 Å². The average Bonchev–Trinajstić information content (AvgIpc) is 2.78. The molecule has 3 atom stereocenters. The minimum atomic E-state index is 0.188. The number of carbonyl (C=O) groups excluding carboxylic acids is 1. The van der Waals surface area contributed by atoms with Gasteiger partial charge in [0.05, 0.1) is 12.0 Å². The van der Waals surface area contributed by atoms with Crippen molar-refractivity contribution in [3.63, 3.8) is 0 Å². The third-order valence-corrected chi connectivity index (χ3v) is 5.18. The molecule has 2 saturated carbocycles. The molecule has 1 spiro atoms. The summed E-state index contributed by atoms with van der Waals surface area (Å²) < 4.78 is 5.81. The van der Waals surface area contributed by atoms with Crippen LogP contribution in [0.15, 0.2) is 0 Å². The molecule has 18 heavy (non-hydrogen) atoms. The molecule has 2 aliphatic carbocycles. The molecule has 1 heterocycles. The van der Waals surface area contributed by atoms with Crippen LogP contribution in [0.25, 0.3) is 0 Å². The van der Waals surface area contributed by atoms with Crippen molar-refractivity contribution < 1.29 is 9.53 Å². The zero-order valence-electron chi connectivity index (χ0n) is 11.2. The van der Waals surface area contributed by atoms with E-state index >= 15 is 0 Å². The molecule has 3 fully saturated rings. The van der Waals surface area contributed by atoms with Crippen LogP contribution in [0, 0.1) is 11.3 Å². The SMILES string of the molecule is CCOC1CC(NC(=O)C2CCNC2)C12CCC2.